The standard InChI is InChI=1S/C21H22N2O3/c1-25-17-4-2-3-16(13-17)23-21(24)15-7-5-14(6-8-15)20-18-10-12-26-19(18)9-11-22-20/h5-12,16-17H,2-4,13H2,1H3,(H,23,24)/t16-,17+/m0/s1. The van der Waals surface area contributed by atoms with Gasteiger partial charge in [0.2, 0.25) is 0 Å². The summed E-state index contributed by atoms with van der Waals surface area (Å²) in [5, 5.41) is 4.10. The smallest absolute Gasteiger partial charge is 0.251 e. The minimum absolute atomic E-state index is 0.0345. The van der Waals surface area contributed by atoms with Crippen LogP contribution in [0.2, 0.25) is 0 Å². The number of aromatic nitrogens is 1. The lowest BCUT2D eigenvalue weighted by molar-refractivity contribution is 0.0563. The average molecular weight is 350 g/mol. The van der Waals surface area contributed by atoms with Gasteiger partial charge in [-0.15, -0.1) is 0 Å². The monoisotopic (exact) mass is 350 g/mol. The van der Waals surface area contributed by atoms with Crippen LogP contribution in [-0.4, -0.2) is 30.1 Å². The van der Waals surface area contributed by atoms with Crippen LogP contribution < -0.4 is 5.32 Å². The molecule has 2 heterocycles. The van der Waals surface area contributed by atoms with Crippen LogP contribution in [0, 0.1) is 0 Å². The van der Waals surface area contributed by atoms with Crippen LogP contribution in [0.15, 0.2) is 53.3 Å². The van der Waals surface area contributed by atoms with Gasteiger partial charge in [-0.3, -0.25) is 9.78 Å². The maximum absolute atomic E-state index is 12.5. The molecule has 1 N–H and O–H groups in total. The van der Waals surface area contributed by atoms with Gasteiger partial charge in [-0.05, 0) is 49.9 Å². The van der Waals surface area contributed by atoms with Crippen LogP contribution in [0.25, 0.3) is 22.2 Å². The van der Waals surface area contributed by atoms with Gasteiger partial charge in [-0.25, -0.2) is 0 Å². The van der Waals surface area contributed by atoms with Gasteiger partial charge in [0, 0.05) is 35.9 Å². The first kappa shape index (κ1) is 16.8. The predicted molar refractivity (Wildman–Crippen MR) is 100.0 cm³/mol. The Labute approximate surface area is 152 Å². The number of hydrogen-bond donors (Lipinski definition) is 1. The topological polar surface area (TPSA) is 64.4 Å². The molecule has 1 fully saturated rings. The summed E-state index contributed by atoms with van der Waals surface area (Å²) in [5.41, 5.74) is 3.29. The van der Waals surface area contributed by atoms with Gasteiger partial charge in [0.15, 0.2) is 0 Å². The molecule has 0 spiro atoms. The number of fused-ring (bicyclic) bond motifs is 1. The third kappa shape index (κ3) is 3.35. The SMILES string of the molecule is CO[C@@H]1CCC[C@H](NC(=O)c2ccc(-c3nccc4occc34)cc2)C1. The van der Waals surface area contributed by atoms with Crippen molar-refractivity contribution in [2.45, 2.75) is 37.8 Å². The molecule has 1 aliphatic carbocycles. The molecule has 5 nitrogen and oxygen atoms in total. The van der Waals surface area contributed by atoms with Crippen molar-refractivity contribution in [3.8, 4) is 11.3 Å². The zero-order valence-corrected chi connectivity index (χ0v) is 14.8. The summed E-state index contributed by atoms with van der Waals surface area (Å²) in [6.45, 7) is 0. The van der Waals surface area contributed by atoms with E-state index in [-0.39, 0.29) is 18.1 Å². The van der Waals surface area contributed by atoms with Crippen LogP contribution in [0.5, 0.6) is 0 Å². The summed E-state index contributed by atoms with van der Waals surface area (Å²) in [6, 6.07) is 11.5. The van der Waals surface area contributed by atoms with Crippen molar-refractivity contribution >= 4 is 16.9 Å². The molecular weight excluding hydrogens is 328 g/mol. The zero-order chi connectivity index (χ0) is 17.9. The molecule has 2 aromatic heterocycles. The van der Waals surface area contributed by atoms with E-state index in [0.29, 0.717) is 5.56 Å². The molecule has 26 heavy (non-hydrogen) atoms. The van der Waals surface area contributed by atoms with Crippen molar-refractivity contribution in [3.05, 3.63) is 54.4 Å². The zero-order valence-electron chi connectivity index (χ0n) is 14.8. The largest absolute Gasteiger partial charge is 0.464 e. The number of carbonyl (C=O) groups is 1. The molecule has 0 saturated heterocycles. The van der Waals surface area contributed by atoms with Gasteiger partial charge in [0.05, 0.1) is 18.1 Å². The minimum Gasteiger partial charge on any atom is -0.464 e. The quantitative estimate of drug-likeness (QED) is 0.766. The summed E-state index contributed by atoms with van der Waals surface area (Å²) in [7, 11) is 1.74. The fourth-order valence-electron chi connectivity index (χ4n) is 3.66. The third-order valence-corrected chi connectivity index (χ3v) is 5.10. The predicted octanol–water partition coefficient (Wildman–Crippen LogP) is 4.18. The van der Waals surface area contributed by atoms with E-state index in [1.165, 1.54) is 0 Å². The highest BCUT2D eigenvalue weighted by atomic mass is 16.5. The van der Waals surface area contributed by atoms with Crippen molar-refractivity contribution in [1.29, 1.82) is 0 Å². The molecule has 2 atom stereocenters. The highest BCUT2D eigenvalue weighted by Gasteiger charge is 2.23. The van der Waals surface area contributed by atoms with Crippen LogP contribution in [0.3, 0.4) is 0 Å². The molecule has 1 saturated carbocycles. The number of pyridine rings is 1. The number of ether oxygens (including phenoxy) is 1. The van der Waals surface area contributed by atoms with E-state index in [2.05, 4.69) is 10.3 Å². The number of nitrogens with one attached hydrogen (secondary N) is 1. The fourth-order valence-corrected chi connectivity index (χ4v) is 3.66. The van der Waals surface area contributed by atoms with E-state index in [1.54, 1.807) is 19.6 Å². The van der Waals surface area contributed by atoms with E-state index < -0.39 is 0 Å². The Kier molecular flexibility index (Phi) is 4.71. The van der Waals surface area contributed by atoms with Crippen LogP contribution in [-0.2, 0) is 4.74 Å². The second-order valence-electron chi connectivity index (χ2n) is 6.76. The molecule has 0 unspecified atom stereocenters. The molecule has 1 aromatic carbocycles. The fraction of sp³-hybridized carbons (Fsp3) is 0.333. The molecule has 0 bridgehead atoms. The molecule has 0 aliphatic heterocycles. The second-order valence-corrected chi connectivity index (χ2v) is 6.76. The van der Waals surface area contributed by atoms with E-state index in [9.17, 15) is 4.79 Å². The van der Waals surface area contributed by atoms with Gasteiger partial charge < -0.3 is 14.5 Å². The first-order valence-electron chi connectivity index (χ1n) is 9.01. The van der Waals surface area contributed by atoms with Gasteiger partial charge in [-0.1, -0.05) is 12.1 Å². The molecule has 0 radical (unpaired) electrons. The summed E-state index contributed by atoms with van der Waals surface area (Å²) in [5.74, 6) is -0.0345. The van der Waals surface area contributed by atoms with E-state index in [4.69, 9.17) is 9.15 Å². The lowest BCUT2D eigenvalue weighted by Crippen LogP contribution is -2.40. The van der Waals surface area contributed by atoms with E-state index >= 15 is 0 Å². The first-order valence-corrected chi connectivity index (χ1v) is 9.01. The van der Waals surface area contributed by atoms with Crippen molar-refractivity contribution in [2.24, 2.45) is 0 Å². The highest BCUT2D eigenvalue weighted by molar-refractivity contribution is 5.96. The number of benzene rings is 1. The van der Waals surface area contributed by atoms with Crippen LogP contribution in [0.4, 0.5) is 0 Å². The molecule has 1 amide bonds. The Morgan fingerprint density at radius 2 is 2.04 bits per heavy atom. The Morgan fingerprint density at radius 1 is 1.19 bits per heavy atom. The van der Waals surface area contributed by atoms with Gasteiger partial charge in [0.25, 0.3) is 5.91 Å². The highest BCUT2D eigenvalue weighted by Crippen LogP contribution is 2.27. The molecule has 5 heteroatoms. The minimum atomic E-state index is -0.0345. The number of furan rings is 1. The Morgan fingerprint density at radius 3 is 2.85 bits per heavy atom. The van der Waals surface area contributed by atoms with E-state index in [0.717, 1.165) is 47.9 Å². The van der Waals surface area contributed by atoms with Crippen LogP contribution >= 0.6 is 0 Å². The Balaban J connectivity index is 1.49. The number of hydrogen-bond acceptors (Lipinski definition) is 4. The lowest BCUT2D eigenvalue weighted by atomic mass is 9.92. The summed E-state index contributed by atoms with van der Waals surface area (Å²) in [4.78, 5) is 17.0. The maximum Gasteiger partial charge on any atom is 0.251 e. The lowest BCUT2D eigenvalue weighted by Gasteiger charge is -2.28. The second kappa shape index (κ2) is 7.30. The molecule has 3 aromatic rings. The summed E-state index contributed by atoms with van der Waals surface area (Å²) < 4.78 is 10.9. The summed E-state index contributed by atoms with van der Waals surface area (Å²) in [6.07, 6.45) is 7.69. The first-order chi connectivity index (χ1) is 12.7. The van der Waals surface area contributed by atoms with Gasteiger partial charge in [0.1, 0.15) is 5.58 Å². The Bertz CT molecular complexity index is 901. The number of carbonyl (C=O) groups excluding carboxylic acids is 1. The number of nitrogens with zero attached hydrogens (tertiary/aromatic N) is 1. The summed E-state index contributed by atoms with van der Waals surface area (Å²) >= 11 is 0. The van der Waals surface area contributed by atoms with Crippen molar-refractivity contribution in [2.75, 3.05) is 7.11 Å². The number of rotatable bonds is 4. The molecule has 134 valence electrons. The van der Waals surface area contributed by atoms with Crippen molar-refractivity contribution < 1.29 is 13.9 Å². The van der Waals surface area contributed by atoms with E-state index in [1.807, 2.05) is 36.4 Å². The third-order valence-electron chi connectivity index (χ3n) is 5.10. The normalized spacial score (nSPS) is 20.2. The van der Waals surface area contributed by atoms with Gasteiger partial charge in [-0.2, -0.15) is 0 Å². The Hall–Kier alpha value is -2.66. The number of amides is 1. The van der Waals surface area contributed by atoms with Crippen LogP contribution in [0.1, 0.15) is 36.0 Å². The molecule has 4 rings (SSSR count). The van der Waals surface area contributed by atoms with Crippen molar-refractivity contribution in [1.82, 2.24) is 10.3 Å². The maximum atomic E-state index is 12.5. The van der Waals surface area contributed by atoms with Crippen molar-refractivity contribution in [3.63, 3.8) is 0 Å². The van der Waals surface area contributed by atoms with Gasteiger partial charge >= 0.3 is 0 Å². The molecule has 1 aliphatic rings. The molecular formula is C21H22N2O3. The average Bonchev–Trinajstić information content (AvgIpc) is 3.17. The number of methoxy groups -OCH3 is 1.